The molecule has 0 fully saturated rings. The molecule has 1 aliphatic heterocycles. The van der Waals surface area contributed by atoms with Gasteiger partial charge in [0.15, 0.2) is 11.5 Å². The maximum absolute atomic E-state index is 11.9. The molecule has 1 N–H and O–H groups in total. The van der Waals surface area contributed by atoms with E-state index >= 15 is 0 Å². The van der Waals surface area contributed by atoms with E-state index in [-0.39, 0.29) is 11.5 Å². The van der Waals surface area contributed by atoms with Gasteiger partial charge in [-0.3, -0.25) is 4.79 Å². The van der Waals surface area contributed by atoms with E-state index in [1.54, 1.807) is 5.38 Å². The third-order valence-electron chi connectivity index (χ3n) is 3.55. The fraction of sp³-hybridized carbons (Fsp3) is 0.412. The molecule has 0 atom stereocenters. The SMILES string of the molecule is Cc1nc(C(=O)NCCOc2cccc3c2OC(C)(C)C3)cs1. The highest BCUT2D eigenvalue weighted by molar-refractivity contribution is 7.09. The molecule has 122 valence electrons. The number of carbonyl (C=O) groups is 1. The van der Waals surface area contributed by atoms with Gasteiger partial charge in [0.25, 0.3) is 5.91 Å². The van der Waals surface area contributed by atoms with Crippen molar-refractivity contribution in [1.82, 2.24) is 10.3 Å². The molecule has 1 aliphatic rings. The van der Waals surface area contributed by atoms with Crippen LogP contribution >= 0.6 is 11.3 Å². The van der Waals surface area contributed by atoms with Crippen molar-refractivity contribution in [3.05, 3.63) is 39.8 Å². The predicted molar refractivity (Wildman–Crippen MR) is 89.5 cm³/mol. The first kappa shape index (κ1) is 15.8. The average Bonchev–Trinajstić information content (AvgIpc) is 3.05. The number of aryl methyl sites for hydroxylation is 1. The number of hydrogen-bond acceptors (Lipinski definition) is 5. The Hall–Kier alpha value is -2.08. The molecule has 0 saturated heterocycles. The summed E-state index contributed by atoms with van der Waals surface area (Å²) < 4.78 is 11.7. The summed E-state index contributed by atoms with van der Waals surface area (Å²) in [5, 5.41) is 5.44. The van der Waals surface area contributed by atoms with Crippen LogP contribution in [0.4, 0.5) is 0 Å². The van der Waals surface area contributed by atoms with Gasteiger partial charge in [-0.05, 0) is 26.8 Å². The summed E-state index contributed by atoms with van der Waals surface area (Å²) in [7, 11) is 0. The number of ether oxygens (including phenoxy) is 2. The van der Waals surface area contributed by atoms with Crippen LogP contribution in [-0.2, 0) is 6.42 Å². The number of nitrogens with zero attached hydrogens (tertiary/aromatic N) is 1. The highest BCUT2D eigenvalue weighted by Gasteiger charge is 2.32. The van der Waals surface area contributed by atoms with Gasteiger partial charge >= 0.3 is 0 Å². The Kier molecular flexibility index (Phi) is 4.26. The summed E-state index contributed by atoms with van der Waals surface area (Å²) in [5.41, 5.74) is 1.42. The van der Waals surface area contributed by atoms with Crippen molar-refractivity contribution in [2.75, 3.05) is 13.2 Å². The molecule has 0 bridgehead atoms. The van der Waals surface area contributed by atoms with Gasteiger partial charge in [0, 0.05) is 17.4 Å². The highest BCUT2D eigenvalue weighted by atomic mass is 32.1. The minimum Gasteiger partial charge on any atom is -0.488 e. The van der Waals surface area contributed by atoms with Gasteiger partial charge in [-0.25, -0.2) is 4.98 Å². The van der Waals surface area contributed by atoms with Crippen LogP contribution in [0.15, 0.2) is 23.6 Å². The standard InChI is InChI=1S/C17H20N2O3S/c1-11-19-13(10-23-11)16(20)18-7-8-21-14-6-4-5-12-9-17(2,3)22-15(12)14/h4-6,10H,7-9H2,1-3H3,(H,18,20). The molecule has 5 nitrogen and oxygen atoms in total. The molecule has 0 spiro atoms. The first-order valence-electron chi connectivity index (χ1n) is 7.59. The molecule has 0 saturated carbocycles. The largest absolute Gasteiger partial charge is 0.488 e. The van der Waals surface area contributed by atoms with Crippen molar-refractivity contribution in [2.45, 2.75) is 32.8 Å². The fourth-order valence-corrected chi connectivity index (χ4v) is 3.18. The molecule has 1 aromatic carbocycles. The van der Waals surface area contributed by atoms with E-state index in [0.29, 0.717) is 18.8 Å². The average molecular weight is 332 g/mol. The molecule has 0 aliphatic carbocycles. The Bertz CT molecular complexity index is 724. The molecule has 23 heavy (non-hydrogen) atoms. The monoisotopic (exact) mass is 332 g/mol. The van der Waals surface area contributed by atoms with Gasteiger partial charge in [0.05, 0.1) is 11.6 Å². The van der Waals surface area contributed by atoms with Crippen LogP contribution in [-0.4, -0.2) is 29.6 Å². The number of thiazole rings is 1. The Balaban J connectivity index is 1.52. The van der Waals surface area contributed by atoms with Crippen molar-refractivity contribution >= 4 is 17.2 Å². The summed E-state index contributed by atoms with van der Waals surface area (Å²) >= 11 is 1.46. The third-order valence-corrected chi connectivity index (χ3v) is 4.33. The van der Waals surface area contributed by atoms with Gasteiger partial charge in [-0.15, -0.1) is 11.3 Å². The van der Waals surface area contributed by atoms with Crippen LogP contribution in [0.2, 0.25) is 0 Å². The van der Waals surface area contributed by atoms with E-state index in [4.69, 9.17) is 9.47 Å². The minimum atomic E-state index is -0.196. The van der Waals surface area contributed by atoms with Crippen LogP contribution in [0.25, 0.3) is 0 Å². The number of hydrogen-bond donors (Lipinski definition) is 1. The van der Waals surface area contributed by atoms with Crippen molar-refractivity contribution in [2.24, 2.45) is 0 Å². The maximum Gasteiger partial charge on any atom is 0.270 e. The normalized spacial score (nSPS) is 14.9. The van der Waals surface area contributed by atoms with Gasteiger partial charge in [0.2, 0.25) is 0 Å². The number of aromatic nitrogens is 1. The zero-order chi connectivity index (χ0) is 16.4. The van der Waals surface area contributed by atoms with E-state index < -0.39 is 0 Å². The molecular weight excluding hydrogens is 312 g/mol. The number of carbonyl (C=O) groups excluding carboxylic acids is 1. The van der Waals surface area contributed by atoms with Crippen molar-refractivity contribution < 1.29 is 14.3 Å². The summed E-state index contributed by atoms with van der Waals surface area (Å²) in [4.78, 5) is 16.1. The zero-order valence-electron chi connectivity index (χ0n) is 13.5. The number of nitrogens with one attached hydrogen (secondary N) is 1. The van der Waals surface area contributed by atoms with E-state index in [9.17, 15) is 4.79 Å². The van der Waals surface area contributed by atoms with Crippen LogP contribution in [0, 0.1) is 6.92 Å². The Morgan fingerprint density at radius 3 is 3.04 bits per heavy atom. The molecule has 0 unspecified atom stereocenters. The Morgan fingerprint density at radius 2 is 2.30 bits per heavy atom. The predicted octanol–water partition coefficient (Wildman–Crippen LogP) is 2.97. The van der Waals surface area contributed by atoms with Crippen LogP contribution < -0.4 is 14.8 Å². The fourth-order valence-electron chi connectivity index (χ4n) is 2.58. The molecule has 3 rings (SSSR count). The molecule has 2 aromatic rings. The molecule has 1 amide bonds. The molecule has 6 heteroatoms. The van der Waals surface area contributed by atoms with E-state index in [1.807, 2.05) is 19.1 Å². The lowest BCUT2D eigenvalue weighted by molar-refractivity contribution is 0.0942. The highest BCUT2D eigenvalue weighted by Crippen LogP contribution is 2.41. The summed E-state index contributed by atoms with van der Waals surface area (Å²) in [6.07, 6.45) is 0.874. The number of amides is 1. The summed E-state index contributed by atoms with van der Waals surface area (Å²) in [5.74, 6) is 1.37. The van der Waals surface area contributed by atoms with E-state index in [0.717, 1.165) is 28.5 Å². The lowest BCUT2D eigenvalue weighted by atomic mass is 10.0. The maximum atomic E-state index is 11.9. The first-order chi connectivity index (χ1) is 10.9. The summed E-state index contributed by atoms with van der Waals surface area (Å²) in [6, 6.07) is 5.92. The number of benzene rings is 1. The van der Waals surface area contributed by atoms with Crippen LogP contribution in [0.5, 0.6) is 11.5 Å². The topological polar surface area (TPSA) is 60.5 Å². The second-order valence-corrected chi connectivity index (χ2v) is 7.20. The minimum absolute atomic E-state index is 0.173. The zero-order valence-corrected chi connectivity index (χ0v) is 14.3. The number of para-hydroxylation sites is 1. The molecular formula is C17H20N2O3S. The molecule has 0 radical (unpaired) electrons. The molecule has 1 aromatic heterocycles. The second-order valence-electron chi connectivity index (χ2n) is 6.14. The van der Waals surface area contributed by atoms with E-state index in [1.165, 1.54) is 11.3 Å². The van der Waals surface area contributed by atoms with Crippen LogP contribution in [0.1, 0.15) is 34.9 Å². The van der Waals surface area contributed by atoms with Crippen molar-refractivity contribution in [3.63, 3.8) is 0 Å². The number of rotatable bonds is 5. The third kappa shape index (κ3) is 3.64. The Labute approximate surface area is 139 Å². The summed E-state index contributed by atoms with van der Waals surface area (Å²) in [6.45, 7) is 6.80. The second kappa shape index (κ2) is 6.20. The smallest absolute Gasteiger partial charge is 0.270 e. The van der Waals surface area contributed by atoms with Crippen molar-refractivity contribution in [1.29, 1.82) is 0 Å². The van der Waals surface area contributed by atoms with Crippen molar-refractivity contribution in [3.8, 4) is 11.5 Å². The first-order valence-corrected chi connectivity index (χ1v) is 8.47. The van der Waals surface area contributed by atoms with Gasteiger partial charge < -0.3 is 14.8 Å². The van der Waals surface area contributed by atoms with Crippen LogP contribution in [0.3, 0.4) is 0 Å². The quantitative estimate of drug-likeness (QED) is 0.855. The van der Waals surface area contributed by atoms with Gasteiger partial charge in [-0.2, -0.15) is 0 Å². The molecule has 2 heterocycles. The Morgan fingerprint density at radius 1 is 1.48 bits per heavy atom. The van der Waals surface area contributed by atoms with Gasteiger partial charge in [0.1, 0.15) is 17.9 Å². The lowest BCUT2D eigenvalue weighted by Crippen LogP contribution is -2.28. The van der Waals surface area contributed by atoms with Gasteiger partial charge in [-0.1, -0.05) is 12.1 Å². The number of fused-ring (bicyclic) bond motifs is 1. The lowest BCUT2D eigenvalue weighted by Gasteiger charge is -2.18. The van der Waals surface area contributed by atoms with E-state index in [2.05, 4.69) is 30.2 Å².